The lowest BCUT2D eigenvalue weighted by atomic mass is 9.48. The number of benzene rings is 2. The first-order chi connectivity index (χ1) is 24.0. The number of fused-ring (bicyclic) bond motifs is 5. The van der Waals surface area contributed by atoms with Crippen LogP contribution < -0.4 is 4.74 Å². The molecule has 3 saturated carbocycles. The number of nitrogens with zero attached hydrogens (tertiary/aromatic N) is 4. The monoisotopic (exact) mass is 678 g/mol. The van der Waals surface area contributed by atoms with Gasteiger partial charge in [-0.25, -0.2) is 4.68 Å². The summed E-state index contributed by atoms with van der Waals surface area (Å²) in [5.74, 6) is 2.13. The van der Waals surface area contributed by atoms with Crippen molar-refractivity contribution in [2.75, 3.05) is 0 Å². The van der Waals surface area contributed by atoms with Crippen LogP contribution in [0.1, 0.15) is 86.8 Å². The smallest absolute Gasteiger partial charge is 0.328 e. The highest BCUT2D eigenvalue weighted by molar-refractivity contribution is 6.06. The second-order valence-electron chi connectivity index (χ2n) is 14.8. The summed E-state index contributed by atoms with van der Waals surface area (Å²) in [5, 5.41) is 19.0. The van der Waals surface area contributed by atoms with Crippen LogP contribution in [0.4, 0.5) is 5.69 Å². The van der Waals surface area contributed by atoms with Crippen LogP contribution in [0.3, 0.4) is 0 Å². The molecule has 0 bridgehead atoms. The maximum absolute atomic E-state index is 12.9. The molecule has 50 heavy (non-hydrogen) atoms. The fraction of sp³-hybridized carbons (Fsp3) is 0.462. The van der Waals surface area contributed by atoms with E-state index in [4.69, 9.17) is 9.47 Å². The van der Waals surface area contributed by atoms with Crippen LogP contribution in [-0.4, -0.2) is 43.6 Å². The van der Waals surface area contributed by atoms with Gasteiger partial charge in [-0.3, -0.25) is 24.5 Å². The molecule has 1 heterocycles. The van der Waals surface area contributed by atoms with Gasteiger partial charge in [0.05, 0.1) is 11.1 Å². The van der Waals surface area contributed by atoms with Crippen LogP contribution in [0.25, 0.3) is 6.08 Å². The maximum Gasteiger partial charge on any atom is 0.328 e. The van der Waals surface area contributed by atoms with Crippen molar-refractivity contribution in [2.24, 2.45) is 28.6 Å². The number of hydrogen-bond donors (Lipinski definition) is 0. The third-order valence-electron chi connectivity index (χ3n) is 12.0. The molecule has 11 nitrogen and oxygen atoms in total. The summed E-state index contributed by atoms with van der Waals surface area (Å²) < 4.78 is 13.2. The lowest BCUT2D eigenvalue weighted by Gasteiger charge is -2.56. The van der Waals surface area contributed by atoms with Crippen molar-refractivity contribution in [3.05, 3.63) is 99.4 Å². The van der Waals surface area contributed by atoms with Crippen LogP contribution in [0.2, 0.25) is 0 Å². The molecule has 4 aliphatic carbocycles. The molecule has 0 unspecified atom stereocenters. The molecule has 4 aliphatic rings. The van der Waals surface area contributed by atoms with Gasteiger partial charge in [0.25, 0.3) is 5.69 Å². The van der Waals surface area contributed by atoms with E-state index >= 15 is 0 Å². The third kappa shape index (κ3) is 6.53. The molecule has 2 aromatic carbocycles. The molecule has 6 atom stereocenters. The number of Topliss-reactive ketones (excluding diaryl/α,β-unsaturated/α-hetero) is 1. The van der Waals surface area contributed by atoms with E-state index in [-0.39, 0.29) is 47.5 Å². The minimum Gasteiger partial charge on any atom is -0.487 e. The molecule has 7 rings (SSSR count). The highest BCUT2D eigenvalue weighted by Gasteiger charge is 2.58. The summed E-state index contributed by atoms with van der Waals surface area (Å²) in [7, 11) is 0. The molecule has 0 saturated heterocycles. The summed E-state index contributed by atoms with van der Waals surface area (Å²) in [5.41, 5.74) is 3.09. The van der Waals surface area contributed by atoms with E-state index in [9.17, 15) is 24.5 Å². The minimum absolute atomic E-state index is 0.0102. The molecule has 0 aliphatic heterocycles. The molecule has 3 fully saturated rings. The van der Waals surface area contributed by atoms with E-state index in [0.717, 1.165) is 51.4 Å². The van der Waals surface area contributed by atoms with Crippen LogP contribution in [0.15, 0.2) is 72.5 Å². The van der Waals surface area contributed by atoms with E-state index in [2.05, 4.69) is 30.2 Å². The highest BCUT2D eigenvalue weighted by Crippen LogP contribution is 2.64. The summed E-state index contributed by atoms with van der Waals surface area (Å²) in [6.45, 7) is 4.71. The molecule has 1 aromatic heterocycles. The SMILES string of the molecule is C[C@]12CC[C@H](OC(=O)Cn3cc(COc4ccc(C(=O)/C=C/c5ccc([N+](=O)[O-])cc5)cc4)nn3)CC1=CC[C@@H]1[C@@H]2CC[C@]2(C)C(=O)CC[C@@H]12. The standard InChI is InChI=1S/C39H42N4O7/c1-38-19-17-31(21-27(38)8-13-32-33-14-16-36(45)39(33,2)20-18-34(32)38)50-37(46)23-42-22-28(40-41-42)24-49-30-11-6-26(7-12-30)35(44)15-5-25-3-9-29(10-4-25)43(47)48/h3-12,15,22,31-34H,13-14,16-21,23-24H2,1-2H3/b15-5+/t31-,32-,33-,34-,38-,39-/m0/s1. The van der Waals surface area contributed by atoms with Crippen molar-refractivity contribution in [3.63, 3.8) is 0 Å². The van der Waals surface area contributed by atoms with Crippen molar-refractivity contribution in [3.8, 4) is 5.75 Å². The molecule has 11 heteroatoms. The Labute approximate surface area is 290 Å². The molecular weight excluding hydrogens is 636 g/mol. The number of aromatic nitrogens is 3. The van der Waals surface area contributed by atoms with Gasteiger partial charge in [-0.15, -0.1) is 5.10 Å². The molecule has 260 valence electrons. The van der Waals surface area contributed by atoms with Crippen LogP contribution in [0.5, 0.6) is 5.75 Å². The summed E-state index contributed by atoms with van der Waals surface area (Å²) in [6, 6.07) is 12.6. The van der Waals surface area contributed by atoms with Crippen LogP contribution in [0, 0.1) is 38.7 Å². The van der Waals surface area contributed by atoms with Gasteiger partial charge < -0.3 is 9.47 Å². The second-order valence-corrected chi connectivity index (χ2v) is 14.8. The number of rotatable bonds is 10. The number of carbonyl (C=O) groups excluding carboxylic acids is 3. The first-order valence-electron chi connectivity index (χ1n) is 17.5. The first kappa shape index (κ1) is 33.6. The predicted octanol–water partition coefficient (Wildman–Crippen LogP) is 7.11. The molecule has 3 aromatic rings. The number of non-ortho nitro benzene ring substituents is 1. The van der Waals surface area contributed by atoms with Gasteiger partial charge in [0.1, 0.15) is 36.5 Å². The summed E-state index contributed by atoms with van der Waals surface area (Å²) in [4.78, 5) is 48.6. The zero-order valence-electron chi connectivity index (χ0n) is 28.5. The van der Waals surface area contributed by atoms with Crippen LogP contribution in [-0.2, 0) is 27.5 Å². The van der Waals surface area contributed by atoms with E-state index in [1.807, 2.05) is 0 Å². The summed E-state index contributed by atoms with van der Waals surface area (Å²) in [6.07, 6.45) is 14.4. The van der Waals surface area contributed by atoms with Gasteiger partial charge in [-0.1, -0.05) is 36.8 Å². The number of esters is 1. The van der Waals surface area contributed by atoms with E-state index < -0.39 is 4.92 Å². The average Bonchev–Trinajstić information content (AvgIpc) is 3.69. The Balaban J connectivity index is 0.873. The van der Waals surface area contributed by atoms with Crippen molar-refractivity contribution in [1.82, 2.24) is 15.0 Å². The number of hydrogen-bond acceptors (Lipinski definition) is 9. The van der Waals surface area contributed by atoms with E-state index in [1.165, 1.54) is 28.5 Å². The average molecular weight is 679 g/mol. The molecular formula is C39H42N4O7. The van der Waals surface area contributed by atoms with Crippen molar-refractivity contribution in [1.29, 1.82) is 0 Å². The van der Waals surface area contributed by atoms with E-state index in [1.54, 1.807) is 48.7 Å². The zero-order valence-corrected chi connectivity index (χ0v) is 28.5. The number of ketones is 2. The number of nitro benzene ring substituents is 1. The zero-order chi connectivity index (χ0) is 35.0. The Hall–Kier alpha value is -4.93. The van der Waals surface area contributed by atoms with E-state index in [0.29, 0.717) is 46.1 Å². The predicted molar refractivity (Wildman–Crippen MR) is 184 cm³/mol. The van der Waals surface area contributed by atoms with Crippen molar-refractivity contribution in [2.45, 2.75) is 84.5 Å². The number of carbonyl (C=O) groups is 3. The molecule has 0 radical (unpaired) electrons. The summed E-state index contributed by atoms with van der Waals surface area (Å²) >= 11 is 0. The minimum atomic E-state index is -0.471. The lowest BCUT2D eigenvalue weighted by Crippen LogP contribution is -2.50. The second kappa shape index (κ2) is 13.4. The van der Waals surface area contributed by atoms with Gasteiger partial charge in [0.2, 0.25) is 0 Å². The molecule has 0 amide bonds. The fourth-order valence-electron chi connectivity index (χ4n) is 9.18. The Morgan fingerprint density at radius 1 is 1.02 bits per heavy atom. The largest absolute Gasteiger partial charge is 0.487 e. The molecule has 0 spiro atoms. The molecule has 0 N–H and O–H groups in total. The maximum atomic E-state index is 12.9. The Morgan fingerprint density at radius 3 is 2.52 bits per heavy atom. The normalized spacial score (nSPS) is 28.7. The Bertz CT molecular complexity index is 1860. The fourth-order valence-corrected chi connectivity index (χ4v) is 9.18. The first-order valence-corrected chi connectivity index (χ1v) is 17.5. The quantitative estimate of drug-likeness (QED) is 0.0547. The lowest BCUT2D eigenvalue weighted by molar-refractivity contribution is -0.384. The van der Waals surface area contributed by atoms with Gasteiger partial charge in [-0.05, 0) is 110 Å². The number of ether oxygens (including phenoxy) is 2. The van der Waals surface area contributed by atoms with Crippen LogP contribution >= 0.6 is 0 Å². The third-order valence-corrected chi connectivity index (χ3v) is 12.0. The number of nitro groups is 1. The highest BCUT2D eigenvalue weighted by atomic mass is 16.6. The van der Waals surface area contributed by atoms with Gasteiger partial charge in [0, 0.05) is 36.0 Å². The Morgan fingerprint density at radius 2 is 1.76 bits per heavy atom. The topological polar surface area (TPSA) is 144 Å². The van der Waals surface area contributed by atoms with Crippen molar-refractivity contribution >= 4 is 29.3 Å². The van der Waals surface area contributed by atoms with Gasteiger partial charge in [0.15, 0.2) is 5.78 Å². The number of allylic oxidation sites excluding steroid dienone is 2. The Kier molecular flexibility index (Phi) is 9.00. The van der Waals surface area contributed by atoms with Gasteiger partial charge in [-0.2, -0.15) is 0 Å². The van der Waals surface area contributed by atoms with Gasteiger partial charge >= 0.3 is 5.97 Å². The van der Waals surface area contributed by atoms with Crippen molar-refractivity contribution < 1.29 is 28.8 Å².